The number of nitrogens with zero attached hydrogens (tertiary/aromatic N) is 2. The summed E-state index contributed by atoms with van der Waals surface area (Å²) >= 11 is 0. The molecule has 1 saturated heterocycles. The zero-order chi connectivity index (χ0) is 19.9. The molecule has 0 bridgehead atoms. The molecule has 2 amide bonds. The van der Waals surface area contributed by atoms with Crippen LogP contribution < -0.4 is 10.2 Å². The number of hydrogen-bond acceptors (Lipinski definition) is 3. The summed E-state index contributed by atoms with van der Waals surface area (Å²) in [6, 6.07) is 17.6. The Labute approximate surface area is 166 Å². The first-order chi connectivity index (χ1) is 13.5. The smallest absolute Gasteiger partial charge is 0.246 e. The maximum absolute atomic E-state index is 12.5. The molecule has 2 aromatic carbocycles. The molecule has 0 aromatic heterocycles. The average molecular weight is 377 g/mol. The molecule has 1 heterocycles. The summed E-state index contributed by atoms with van der Waals surface area (Å²) in [5.74, 6) is -0.0257. The second-order valence-electron chi connectivity index (χ2n) is 7.27. The molecule has 1 aliphatic rings. The van der Waals surface area contributed by atoms with Gasteiger partial charge in [0, 0.05) is 50.6 Å². The summed E-state index contributed by atoms with van der Waals surface area (Å²) in [6.45, 7) is 1.21. The van der Waals surface area contributed by atoms with Gasteiger partial charge in [-0.3, -0.25) is 9.59 Å². The number of benzene rings is 2. The number of piperidine rings is 1. The number of carbonyl (C=O) groups is 2. The Bertz CT molecular complexity index is 821. The fourth-order valence-electron chi connectivity index (χ4n) is 3.29. The number of likely N-dealkylation sites (tertiary alicyclic amines) is 1. The third-order valence-corrected chi connectivity index (χ3v) is 5.05. The van der Waals surface area contributed by atoms with Gasteiger partial charge in [0.05, 0.1) is 0 Å². The fourth-order valence-corrected chi connectivity index (χ4v) is 3.29. The van der Waals surface area contributed by atoms with Crippen LogP contribution in [0.2, 0.25) is 0 Å². The van der Waals surface area contributed by atoms with Gasteiger partial charge in [-0.1, -0.05) is 30.3 Å². The number of nitrogens with one attached hydrogen (secondary N) is 1. The monoisotopic (exact) mass is 377 g/mol. The first kappa shape index (κ1) is 19.7. The molecule has 1 fully saturated rings. The number of rotatable bonds is 5. The van der Waals surface area contributed by atoms with E-state index < -0.39 is 0 Å². The van der Waals surface area contributed by atoms with Crippen molar-refractivity contribution in [2.24, 2.45) is 5.92 Å². The van der Waals surface area contributed by atoms with E-state index in [9.17, 15) is 9.59 Å². The lowest BCUT2D eigenvalue weighted by Gasteiger charge is -2.30. The Morgan fingerprint density at radius 3 is 2.25 bits per heavy atom. The van der Waals surface area contributed by atoms with Crippen LogP contribution in [0.3, 0.4) is 0 Å². The molecule has 5 heteroatoms. The molecular weight excluding hydrogens is 350 g/mol. The van der Waals surface area contributed by atoms with Gasteiger partial charge in [0.25, 0.3) is 0 Å². The van der Waals surface area contributed by atoms with Crippen molar-refractivity contribution in [2.75, 3.05) is 37.4 Å². The lowest BCUT2D eigenvalue weighted by atomic mass is 9.95. The predicted molar refractivity (Wildman–Crippen MR) is 114 cm³/mol. The van der Waals surface area contributed by atoms with E-state index in [1.54, 1.807) is 6.08 Å². The molecule has 1 aliphatic heterocycles. The standard InChI is InChI=1S/C23H27N3O2/c1-25(2)21-11-9-20(10-12-21)24-23(28)19-14-16-26(17-15-19)22(27)13-8-18-6-4-3-5-7-18/h3-13,19H,14-17H2,1-2H3,(H,24,28)/b13-8+. The van der Waals surface area contributed by atoms with E-state index in [1.165, 1.54) is 0 Å². The highest BCUT2D eigenvalue weighted by molar-refractivity contribution is 5.94. The summed E-state index contributed by atoms with van der Waals surface area (Å²) in [6.07, 6.45) is 4.82. The SMILES string of the molecule is CN(C)c1ccc(NC(=O)C2CCN(C(=O)/C=C/c3ccccc3)CC2)cc1. The van der Waals surface area contributed by atoms with Crippen LogP contribution in [0.15, 0.2) is 60.7 Å². The highest BCUT2D eigenvalue weighted by Crippen LogP contribution is 2.21. The van der Waals surface area contributed by atoms with E-state index in [-0.39, 0.29) is 17.7 Å². The predicted octanol–water partition coefficient (Wildman–Crippen LogP) is 3.64. The van der Waals surface area contributed by atoms with Crippen molar-refractivity contribution < 1.29 is 9.59 Å². The van der Waals surface area contributed by atoms with Gasteiger partial charge in [-0.2, -0.15) is 0 Å². The molecule has 1 N–H and O–H groups in total. The van der Waals surface area contributed by atoms with E-state index in [0.717, 1.165) is 16.9 Å². The molecule has 0 radical (unpaired) electrons. The van der Waals surface area contributed by atoms with Crippen LogP contribution in [0, 0.1) is 5.92 Å². The minimum absolute atomic E-state index is 0.00184. The van der Waals surface area contributed by atoms with Crippen molar-refractivity contribution in [3.05, 3.63) is 66.2 Å². The molecule has 0 saturated carbocycles. The van der Waals surface area contributed by atoms with Gasteiger partial charge in [0.2, 0.25) is 11.8 Å². The van der Waals surface area contributed by atoms with Crippen molar-refractivity contribution in [3.63, 3.8) is 0 Å². The minimum atomic E-state index is -0.0596. The number of hydrogen-bond donors (Lipinski definition) is 1. The molecule has 0 aliphatic carbocycles. The third-order valence-electron chi connectivity index (χ3n) is 5.05. The van der Waals surface area contributed by atoms with Gasteiger partial charge in [-0.25, -0.2) is 0 Å². The van der Waals surface area contributed by atoms with Crippen LogP contribution >= 0.6 is 0 Å². The second-order valence-corrected chi connectivity index (χ2v) is 7.27. The van der Waals surface area contributed by atoms with Crippen molar-refractivity contribution in [3.8, 4) is 0 Å². The van der Waals surface area contributed by atoms with E-state index in [4.69, 9.17) is 0 Å². The van der Waals surface area contributed by atoms with Gasteiger partial charge in [0.1, 0.15) is 0 Å². The van der Waals surface area contributed by atoms with E-state index >= 15 is 0 Å². The average Bonchev–Trinajstić information content (AvgIpc) is 2.73. The molecule has 0 atom stereocenters. The Kier molecular flexibility index (Phi) is 6.48. The lowest BCUT2D eigenvalue weighted by molar-refractivity contribution is -0.130. The lowest BCUT2D eigenvalue weighted by Crippen LogP contribution is -2.40. The molecule has 2 aromatic rings. The summed E-state index contributed by atoms with van der Waals surface area (Å²) in [4.78, 5) is 28.7. The molecule has 146 valence electrons. The van der Waals surface area contributed by atoms with E-state index in [1.807, 2.05) is 84.6 Å². The number of carbonyl (C=O) groups excluding carboxylic acids is 2. The normalized spacial score (nSPS) is 14.9. The Morgan fingerprint density at radius 1 is 1.00 bits per heavy atom. The topological polar surface area (TPSA) is 52.7 Å². The van der Waals surface area contributed by atoms with Crippen molar-refractivity contribution in [1.29, 1.82) is 0 Å². The minimum Gasteiger partial charge on any atom is -0.378 e. The Balaban J connectivity index is 1.48. The van der Waals surface area contributed by atoms with Gasteiger partial charge in [0.15, 0.2) is 0 Å². The highest BCUT2D eigenvalue weighted by Gasteiger charge is 2.26. The first-order valence-corrected chi connectivity index (χ1v) is 9.63. The zero-order valence-corrected chi connectivity index (χ0v) is 16.5. The molecule has 5 nitrogen and oxygen atoms in total. The molecular formula is C23H27N3O2. The largest absolute Gasteiger partial charge is 0.378 e. The first-order valence-electron chi connectivity index (χ1n) is 9.63. The fraction of sp³-hybridized carbons (Fsp3) is 0.304. The van der Waals surface area contributed by atoms with Crippen LogP contribution in [-0.4, -0.2) is 43.9 Å². The van der Waals surface area contributed by atoms with Crippen molar-refractivity contribution in [2.45, 2.75) is 12.8 Å². The third kappa shape index (κ3) is 5.22. The summed E-state index contributed by atoms with van der Waals surface area (Å²) in [5, 5.41) is 2.99. The van der Waals surface area contributed by atoms with Gasteiger partial charge in [-0.15, -0.1) is 0 Å². The van der Waals surface area contributed by atoms with Crippen LogP contribution in [0.1, 0.15) is 18.4 Å². The molecule has 0 unspecified atom stereocenters. The maximum atomic E-state index is 12.5. The van der Waals surface area contributed by atoms with Gasteiger partial charge >= 0.3 is 0 Å². The quantitative estimate of drug-likeness (QED) is 0.810. The Hall–Kier alpha value is -3.08. The summed E-state index contributed by atoms with van der Waals surface area (Å²) < 4.78 is 0. The van der Waals surface area contributed by atoms with Gasteiger partial charge < -0.3 is 15.1 Å². The van der Waals surface area contributed by atoms with Gasteiger partial charge in [-0.05, 0) is 48.7 Å². The van der Waals surface area contributed by atoms with Crippen LogP contribution in [0.5, 0.6) is 0 Å². The van der Waals surface area contributed by atoms with Crippen molar-refractivity contribution >= 4 is 29.3 Å². The van der Waals surface area contributed by atoms with Crippen LogP contribution in [-0.2, 0) is 9.59 Å². The summed E-state index contributed by atoms with van der Waals surface area (Å²) in [7, 11) is 3.97. The van der Waals surface area contributed by atoms with E-state index in [0.29, 0.717) is 25.9 Å². The summed E-state index contributed by atoms with van der Waals surface area (Å²) in [5.41, 5.74) is 2.90. The second kappa shape index (κ2) is 9.22. The molecule has 0 spiro atoms. The highest BCUT2D eigenvalue weighted by atomic mass is 16.2. The zero-order valence-electron chi connectivity index (χ0n) is 16.5. The maximum Gasteiger partial charge on any atom is 0.246 e. The number of anilines is 2. The molecule has 28 heavy (non-hydrogen) atoms. The van der Waals surface area contributed by atoms with Crippen LogP contribution in [0.25, 0.3) is 6.08 Å². The van der Waals surface area contributed by atoms with E-state index in [2.05, 4.69) is 5.32 Å². The number of amides is 2. The van der Waals surface area contributed by atoms with Crippen LogP contribution in [0.4, 0.5) is 11.4 Å². The van der Waals surface area contributed by atoms with Crippen molar-refractivity contribution in [1.82, 2.24) is 4.90 Å². The Morgan fingerprint density at radius 2 is 1.64 bits per heavy atom. The molecule has 3 rings (SSSR count).